The second-order valence-corrected chi connectivity index (χ2v) is 13.0. The van der Waals surface area contributed by atoms with Crippen molar-refractivity contribution < 1.29 is 65.3 Å². The third kappa shape index (κ3) is 14.9. The van der Waals surface area contributed by atoms with Gasteiger partial charge in [-0.25, -0.2) is 0 Å². The average Bonchev–Trinajstić information content (AvgIpc) is 3.44. The van der Waals surface area contributed by atoms with Gasteiger partial charge in [0.2, 0.25) is 0 Å². The van der Waals surface area contributed by atoms with Crippen LogP contribution in [0.4, 0.5) is 0 Å². The number of allylic oxidation sites excluding steroid dienone is 2. The van der Waals surface area contributed by atoms with Crippen LogP contribution in [0.1, 0.15) is 141 Å². The van der Waals surface area contributed by atoms with Gasteiger partial charge in [-0.2, -0.15) is 0 Å². The Balaban J connectivity index is 0.00000675. The fourth-order valence-electron chi connectivity index (χ4n) is 6.69. The van der Waals surface area contributed by atoms with Crippen LogP contribution in [0.2, 0.25) is 0 Å². The average molecular weight is 632 g/mol. The van der Waals surface area contributed by atoms with Gasteiger partial charge in [-0.3, -0.25) is 0 Å². The fourth-order valence-corrected chi connectivity index (χ4v) is 6.69. The zero-order valence-corrected chi connectivity index (χ0v) is 32.5. The molecule has 0 spiro atoms. The molecule has 242 valence electrons. The van der Waals surface area contributed by atoms with E-state index in [1.165, 1.54) is 114 Å². The van der Waals surface area contributed by atoms with Gasteiger partial charge in [0.05, 0.1) is 25.2 Å². The molecule has 1 atom stereocenters. The van der Waals surface area contributed by atoms with Gasteiger partial charge in [0.25, 0.3) is 0 Å². The predicted molar refractivity (Wildman–Crippen MR) is 182 cm³/mol. The molecule has 1 fully saturated rings. The first-order valence-electron chi connectivity index (χ1n) is 17.7. The van der Waals surface area contributed by atoms with Gasteiger partial charge in [-0.1, -0.05) is 91.0 Å². The molecule has 3 rings (SSSR count). The molecule has 0 radical (unpaired) electrons. The van der Waals surface area contributed by atoms with Crippen LogP contribution < -0.4 is 66.2 Å². The number of unbranched alkanes of at least 4 members (excludes halogenated alkanes) is 8. The second kappa shape index (κ2) is 23.7. The molecule has 1 saturated heterocycles. The van der Waals surface area contributed by atoms with E-state index in [-0.39, 0.29) is 51.4 Å². The quantitative estimate of drug-likeness (QED) is 0.0815. The first-order chi connectivity index (χ1) is 21.0. The van der Waals surface area contributed by atoms with Gasteiger partial charge >= 0.3 is 51.4 Å². The number of rotatable bonds is 22. The molecule has 1 aliphatic heterocycles. The van der Waals surface area contributed by atoms with Crippen LogP contribution in [-0.4, -0.2) is 26.8 Å². The van der Waals surface area contributed by atoms with E-state index in [9.17, 15) is 0 Å². The summed E-state index contributed by atoms with van der Waals surface area (Å²) in [5, 5.41) is 3.53. The molecule has 4 nitrogen and oxygen atoms in total. The van der Waals surface area contributed by atoms with E-state index >= 15 is 0 Å². The topological polar surface area (TPSA) is 43.6 Å². The Kier molecular flexibility index (Phi) is 21.3. The van der Waals surface area contributed by atoms with Crippen LogP contribution >= 0.6 is 0 Å². The Morgan fingerprint density at radius 1 is 0.955 bits per heavy atom. The molecule has 2 heterocycles. The summed E-state index contributed by atoms with van der Waals surface area (Å²) in [5.74, 6) is 5.27. The van der Waals surface area contributed by atoms with Crippen molar-refractivity contribution in [2.24, 2.45) is 11.8 Å². The van der Waals surface area contributed by atoms with E-state index in [4.69, 9.17) is 13.9 Å². The van der Waals surface area contributed by atoms with Crippen molar-refractivity contribution in [3.8, 4) is 11.5 Å². The molecule has 44 heavy (non-hydrogen) atoms. The van der Waals surface area contributed by atoms with E-state index in [1.54, 1.807) is 7.11 Å². The van der Waals surface area contributed by atoms with E-state index in [2.05, 4.69) is 50.4 Å². The first kappa shape index (κ1) is 39.6. The van der Waals surface area contributed by atoms with Crippen molar-refractivity contribution in [1.82, 2.24) is 5.32 Å². The van der Waals surface area contributed by atoms with Crippen LogP contribution in [0.5, 0.6) is 11.5 Å². The molecule has 0 saturated carbocycles. The Morgan fingerprint density at radius 3 is 2.30 bits per heavy atom. The molecule has 1 unspecified atom stereocenters. The van der Waals surface area contributed by atoms with Gasteiger partial charge < -0.3 is 19.2 Å². The fraction of sp³-hybridized carbons (Fsp3) is 0.692. The monoisotopic (exact) mass is 631 g/mol. The number of nitrogens with one attached hydrogen (secondary N) is 1. The smallest absolute Gasteiger partial charge is 0.533 e. The van der Waals surface area contributed by atoms with Gasteiger partial charge in [0.15, 0.2) is 0 Å². The van der Waals surface area contributed by atoms with Crippen molar-refractivity contribution in [3.63, 3.8) is 0 Å². The van der Waals surface area contributed by atoms with Gasteiger partial charge in [-0.15, -0.1) is 28.8 Å². The minimum absolute atomic E-state index is 0. The minimum atomic E-state index is 0. The van der Waals surface area contributed by atoms with Gasteiger partial charge in [0.1, 0.15) is 11.5 Å². The summed E-state index contributed by atoms with van der Waals surface area (Å²) >= 11 is 0. The number of aryl methyl sites for hydroxylation is 1. The zero-order chi connectivity index (χ0) is 30.7. The maximum atomic E-state index is 6.17. The van der Waals surface area contributed by atoms with Crippen LogP contribution in [-0.2, 0) is 6.42 Å². The molecule has 1 aromatic heterocycles. The SMILES string of the molecule is CCCCCCCCCCCOc1c[c-]c(/C(C)=C(/CCC(CCC)CC2CCNCC2)Cc2ccc(C)o2)cc1OC.[K+]. The molecule has 1 N–H and O–H groups in total. The molecule has 0 amide bonds. The molecular formula is C39H62KNO3. The number of benzene rings is 1. The van der Waals surface area contributed by atoms with E-state index in [1.807, 2.05) is 13.0 Å². The van der Waals surface area contributed by atoms with Crippen LogP contribution in [0.15, 0.2) is 34.3 Å². The first-order valence-corrected chi connectivity index (χ1v) is 17.7. The molecule has 1 aromatic carbocycles. The van der Waals surface area contributed by atoms with Crippen molar-refractivity contribution in [3.05, 3.63) is 53.0 Å². The molecule has 1 aliphatic rings. The number of methoxy groups -OCH3 is 1. The number of ether oxygens (including phenoxy) is 2. The van der Waals surface area contributed by atoms with Crippen molar-refractivity contribution in [1.29, 1.82) is 0 Å². The van der Waals surface area contributed by atoms with Gasteiger partial charge in [0, 0.05) is 6.42 Å². The third-order valence-corrected chi connectivity index (χ3v) is 9.40. The second-order valence-electron chi connectivity index (χ2n) is 13.0. The van der Waals surface area contributed by atoms with E-state index < -0.39 is 0 Å². The summed E-state index contributed by atoms with van der Waals surface area (Å²) in [6.45, 7) is 12.0. The zero-order valence-electron chi connectivity index (χ0n) is 29.3. The molecular weight excluding hydrogens is 570 g/mol. The maximum Gasteiger partial charge on any atom is 1.00 e. The number of piperidine rings is 1. The third-order valence-electron chi connectivity index (χ3n) is 9.40. The number of hydrogen-bond donors (Lipinski definition) is 1. The minimum Gasteiger partial charge on any atom is -0.533 e. The van der Waals surface area contributed by atoms with Crippen molar-refractivity contribution in [2.45, 2.75) is 137 Å². The molecule has 5 heteroatoms. The Morgan fingerprint density at radius 2 is 1.66 bits per heavy atom. The largest absolute Gasteiger partial charge is 1.00 e. The summed E-state index contributed by atoms with van der Waals surface area (Å²) in [7, 11) is 1.74. The van der Waals surface area contributed by atoms with Crippen molar-refractivity contribution in [2.75, 3.05) is 26.8 Å². The van der Waals surface area contributed by atoms with Crippen LogP contribution in [0.25, 0.3) is 5.57 Å². The summed E-state index contributed by atoms with van der Waals surface area (Å²) in [4.78, 5) is 0. The summed E-state index contributed by atoms with van der Waals surface area (Å²) < 4.78 is 18.0. The number of hydrogen-bond acceptors (Lipinski definition) is 4. The molecule has 0 bridgehead atoms. The number of furan rings is 1. The maximum absolute atomic E-state index is 6.17. The predicted octanol–water partition coefficient (Wildman–Crippen LogP) is 7.91. The van der Waals surface area contributed by atoms with Gasteiger partial charge in [-0.05, 0) is 82.5 Å². The van der Waals surface area contributed by atoms with E-state index in [0.717, 1.165) is 66.3 Å². The Bertz CT molecular complexity index is 1060. The molecule has 0 aliphatic carbocycles. The molecule has 2 aromatic rings. The summed E-state index contributed by atoms with van der Waals surface area (Å²) in [5.41, 5.74) is 3.83. The standard InChI is InChI=1S/C39H62NO3.K/c1-6-8-9-10-11-12-13-14-15-27-42-38-22-20-36(30-39(38)41-5)32(4)35(29-37-21-17-31(3)43-37)19-18-33(16-7-2)28-34-23-25-40-26-24-34;/h17,21-22,30,33-34,40H,6-16,18-19,23-29H2,1-5H3;/q-1;+1/b35-32-;. The Hall–Kier alpha value is -0.564. The summed E-state index contributed by atoms with van der Waals surface area (Å²) in [6, 6.07) is 11.9. The van der Waals surface area contributed by atoms with Crippen molar-refractivity contribution >= 4 is 5.57 Å². The summed E-state index contributed by atoms with van der Waals surface area (Å²) in [6.07, 6.45) is 21.6. The normalized spacial score (nSPS) is 15.0. The Labute approximate surface area is 313 Å². The van der Waals surface area contributed by atoms with Crippen LogP contribution in [0, 0.1) is 24.8 Å². The van der Waals surface area contributed by atoms with Crippen LogP contribution in [0.3, 0.4) is 0 Å². The van der Waals surface area contributed by atoms with E-state index in [0.29, 0.717) is 0 Å².